The van der Waals surface area contributed by atoms with E-state index in [-0.39, 0.29) is 5.39 Å². The van der Waals surface area contributed by atoms with E-state index in [1.54, 1.807) is 41.5 Å². The molecule has 0 radical (unpaired) electrons. The molecule has 74 valence electrons. The van der Waals surface area contributed by atoms with Gasteiger partial charge in [0.25, 0.3) is 0 Å². The van der Waals surface area contributed by atoms with Gasteiger partial charge in [0.1, 0.15) is 0 Å². The van der Waals surface area contributed by atoms with Gasteiger partial charge in [0.05, 0.1) is 11.2 Å². The van der Waals surface area contributed by atoms with Crippen molar-refractivity contribution in [3.05, 3.63) is 5.21 Å². The maximum atomic E-state index is 10.9. The van der Waals surface area contributed by atoms with Gasteiger partial charge >= 0.3 is 0 Å². The summed E-state index contributed by atoms with van der Waals surface area (Å²) in [4.78, 5) is 9.74. The molecule has 0 saturated heterocycles. The summed E-state index contributed by atoms with van der Waals surface area (Å²) >= 11 is 0. The molecule has 0 atom stereocenters. The van der Waals surface area contributed by atoms with E-state index in [1.807, 2.05) is 0 Å². The zero-order valence-corrected chi connectivity index (χ0v) is 8.67. The molecule has 0 amide bonds. The van der Waals surface area contributed by atoms with Crippen LogP contribution in [0, 0.1) is 5.21 Å². The molecule has 0 spiro atoms. The summed E-state index contributed by atoms with van der Waals surface area (Å²) in [6, 6.07) is 0. The molecule has 0 N–H and O–H groups in total. The van der Waals surface area contributed by atoms with Crippen LogP contribution in [0.25, 0.3) is 0 Å². The zero-order valence-electron chi connectivity index (χ0n) is 8.67. The highest BCUT2D eigenvalue weighted by molar-refractivity contribution is 4.59. The maximum absolute atomic E-state index is 10.9. The van der Waals surface area contributed by atoms with E-state index in [1.165, 1.54) is 0 Å². The van der Waals surface area contributed by atoms with Gasteiger partial charge in [-0.25, -0.2) is 0 Å². The third kappa shape index (κ3) is 7.94. The molecule has 0 aromatic rings. The summed E-state index contributed by atoms with van der Waals surface area (Å²) in [6.07, 6.45) is 0. The van der Waals surface area contributed by atoms with E-state index in [0.717, 1.165) is 0 Å². The topological polar surface area (TPSA) is 44.8 Å². The number of hydrogen-bond acceptors (Lipinski definition) is 4. The third-order valence-electron chi connectivity index (χ3n) is 0.697. The number of rotatable bonds is 2. The summed E-state index contributed by atoms with van der Waals surface area (Å²) in [7, 11) is 0. The standard InChI is InChI=1S/C8H18NO3/c1-7(2,3)11-9(10)12-8(4,5)6/h1-6H3/q-1. The second-order valence-corrected chi connectivity index (χ2v) is 4.63. The van der Waals surface area contributed by atoms with Crippen molar-refractivity contribution in [3.8, 4) is 0 Å². The minimum atomic E-state index is -0.521. The Kier molecular flexibility index (Phi) is 3.65. The van der Waals surface area contributed by atoms with Crippen molar-refractivity contribution < 1.29 is 9.68 Å². The van der Waals surface area contributed by atoms with Crippen LogP contribution in [0.4, 0.5) is 0 Å². The minimum absolute atomic E-state index is 0.167. The van der Waals surface area contributed by atoms with Crippen LogP contribution in [0.2, 0.25) is 0 Å². The van der Waals surface area contributed by atoms with Crippen LogP contribution in [-0.4, -0.2) is 16.6 Å². The molecule has 0 aromatic heterocycles. The third-order valence-corrected chi connectivity index (χ3v) is 0.697. The molecule has 0 aliphatic heterocycles. The Morgan fingerprint density at radius 3 is 1.25 bits per heavy atom. The Bertz CT molecular complexity index is 118. The highest BCUT2D eigenvalue weighted by Gasteiger charge is 2.17. The molecular formula is C8H18NO3-. The van der Waals surface area contributed by atoms with Gasteiger partial charge in [0.2, 0.25) is 0 Å². The second-order valence-electron chi connectivity index (χ2n) is 4.63. The molecule has 12 heavy (non-hydrogen) atoms. The van der Waals surface area contributed by atoms with Gasteiger partial charge in [-0.15, -0.1) is 5.39 Å². The van der Waals surface area contributed by atoms with Crippen LogP contribution in [0.1, 0.15) is 41.5 Å². The van der Waals surface area contributed by atoms with Crippen molar-refractivity contribution >= 4 is 0 Å². The van der Waals surface area contributed by atoms with Crippen molar-refractivity contribution in [2.45, 2.75) is 52.7 Å². The minimum Gasteiger partial charge on any atom is -0.738 e. The molecule has 0 aromatic carbocycles. The van der Waals surface area contributed by atoms with Crippen molar-refractivity contribution in [1.82, 2.24) is 5.39 Å². The van der Waals surface area contributed by atoms with Crippen LogP contribution < -0.4 is 0 Å². The molecule has 0 bridgehead atoms. The van der Waals surface area contributed by atoms with Crippen LogP contribution in [0.15, 0.2) is 0 Å². The van der Waals surface area contributed by atoms with E-state index in [2.05, 4.69) is 0 Å². The Morgan fingerprint density at radius 2 is 1.08 bits per heavy atom. The smallest absolute Gasteiger partial charge is 0.0830 e. The van der Waals surface area contributed by atoms with Crippen molar-refractivity contribution in [2.75, 3.05) is 0 Å². The van der Waals surface area contributed by atoms with E-state index in [9.17, 15) is 5.21 Å². The highest BCUT2D eigenvalue weighted by Crippen LogP contribution is 2.14. The van der Waals surface area contributed by atoms with E-state index in [0.29, 0.717) is 0 Å². The molecule has 0 heterocycles. The first kappa shape index (κ1) is 11.8. The molecule has 0 fully saturated rings. The van der Waals surface area contributed by atoms with Crippen LogP contribution in [-0.2, 0) is 9.68 Å². The Balaban J connectivity index is 3.83. The van der Waals surface area contributed by atoms with Gasteiger partial charge in [-0.05, 0) is 41.5 Å². The Labute approximate surface area is 73.9 Å². The van der Waals surface area contributed by atoms with Crippen molar-refractivity contribution in [1.29, 1.82) is 0 Å². The van der Waals surface area contributed by atoms with Gasteiger partial charge in [-0.3, -0.25) is 9.68 Å². The fraction of sp³-hybridized carbons (Fsp3) is 1.00. The summed E-state index contributed by atoms with van der Waals surface area (Å²) in [6.45, 7) is 10.7. The summed E-state index contributed by atoms with van der Waals surface area (Å²) in [5, 5.41) is 11.1. The molecule has 0 unspecified atom stereocenters. The molecular weight excluding hydrogens is 158 g/mol. The van der Waals surface area contributed by atoms with Gasteiger partial charge in [-0.2, -0.15) is 0 Å². The zero-order chi connectivity index (χ0) is 9.99. The van der Waals surface area contributed by atoms with E-state index in [4.69, 9.17) is 9.68 Å². The number of hydrogen-bond donors (Lipinski definition) is 0. The van der Waals surface area contributed by atoms with Gasteiger partial charge in [-0.1, -0.05) is 0 Å². The fourth-order valence-corrected chi connectivity index (χ4v) is 0.466. The van der Waals surface area contributed by atoms with E-state index < -0.39 is 11.2 Å². The lowest BCUT2D eigenvalue weighted by atomic mass is 10.2. The fourth-order valence-electron chi connectivity index (χ4n) is 0.466. The quantitative estimate of drug-likeness (QED) is 0.605. The first-order valence-corrected chi connectivity index (χ1v) is 3.96. The second kappa shape index (κ2) is 3.70. The lowest BCUT2D eigenvalue weighted by Crippen LogP contribution is -2.35. The van der Waals surface area contributed by atoms with Crippen LogP contribution in [0.3, 0.4) is 0 Å². The summed E-state index contributed by atoms with van der Waals surface area (Å²) < 4.78 is 0. The normalized spacial score (nSPS) is 14.0. The van der Waals surface area contributed by atoms with Gasteiger partial charge in [0.15, 0.2) is 0 Å². The molecule has 0 aliphatic carbocycles. The predicted octanol–water partition coefficient (Wildman–Crippen LogP) is 2.25. The first-order chi connectivity index (χ1) is 5.10. The monoisotopic (exact) mass is 176 g/mol. The van der Waals surface area contributed by atoms with Crippen molar-refractivity contribution in [3.63, 3.8) is 0 Å². The first-order valence-electron chi connectivity index (χ1n) is 3.96. The van der Waals surface area contributed by atoms with E-state index >= 15 is 0 Å². The lowest BCUT2D eigenvalue weighted by molar-refractivity contribution is -0.401. The highest BCUT2D eigenvalue weighted by atomic mass is 17.1. The molecule has 0 rings (SSSR count). The molecule has 0 saturated carbocycles. The predicted molar refractivity (Wildman–Crippen MR) is 46.9 cm³/mol. The van der Waals surface area contributed by atoms with Crippen LogP contribution >= 0.6 is 0 Å². The largest absolute Gasteiger partial charge is 0.738 e. The molecule has 0 aliphatic rings. The Hall–Kier alpha value is -0.160. The maximum Gasteiger partial charge on any atom is 0.0830 e. The van der Waals surface area contributed by atoms with Gasteiger partial charge < -0.3 is 5.21 Å². The average molecular weight is 176 g/mol. The lowest BCUT2D eigenvalue weighted by Gasteiger charge is -2.37. The summed E-state index contributed by atoms with van der Waals surface area (Å²) in [5.74, 6) is 0. The Morgan fingerprint density at radius 1 is 0.833 bits per heavy atom. The van der Waals surface area contributed by atoms with Crippen LogP contribution in [0.5, 0.6) is 0 Å². The molecule has 4 nitrogen and oxygen atoms in total. The van der Waals surface area contributed by atoms with Gasteiger partial charge in [0, 0.05) is 0 Å². The molecule has 4 heteroatoms. The van der Waals surface area contributed by atoms with Crippen molar-refractivity contribution in [2.24, 2.45) is 0 Å². The SMILES string of the molecule is CC(C)(C)ON([O-])OC(C)(C)C. The summed E-state index contributed by atoms with van der Waals surface area (Å²) in [5.41, 5.74) is -1.04. The average Bonchev–Trinajstić information content (AvgIpc) is 1.49. The number of nitrogens with zero attached hydrogens (tertiary/aromatic N) is 1.